The minimum atomic E-state index is 0.213. The van der Waals surface area contributed by atoms with Gasteiger partial charge in [-0.2, -0.15) is 0 Å². The Bertz CT molecular complexity index is 655. The zero-order valence-corrected chi connectivity index (χ0v) is 14.2. The van der Waals surface area contributed by atoms with Gasteiger partial charge in [0.1, 0.15) is 6.54 Å². The summed E-state index contributed by atoms with van der Waals surface area (Å²) in [5.74, 6) is 7.18. The predicted octanol–water partition coefficient (Wildman–Crippen LogP) is 1.31. The lowest BCUT2D eigenvalue weighted by Crippen LogP contribution is -2.55. The molecule has 2 fully saturated rings. The highest BCUT2D eigenvalue weighted by Crippen LogP contribution is 2.27. The maximum absolute atomic E-state index is 12.3. The molecule has 126 valence electrons. The predicted molar refractivity (Wildman–Crippen MR) is 95.6 cm³/mol. The standard InChI is InChI=1S/C19H24N4O/c1-2-20-19(21-12-6-9-16-7-4-3-5-8-16)22-13-14-23(17-10-11-17)18(24)15-22/h3-5,7-8,17H,2,10-15H2,1H3,(H,20,21). The summed E-state index contributed by atoms with van der Waals surface area (Å²) >= 11 is 0. The molecule has 3 rings (SSSR count). The summed E-state index contributed by atoms with van der Waals surface area (Å²) in [6.45, 7) is 5.28. The smallest absolute Gasteiger partial charge is 0.242 e. The minimum absolute atomic E-state index is 0.213. The fraction of sp³-hybridized carbons (Fsp3) is 0.474. The molecule has 0 spiro atoms. The van der Waals surface area contributed by atoms with Crippen molar-refractivity contribution in [3.05, 3.63) is 35.9 Å². The van der Waals surface area contributed by atoms with Gasteiger partial charge >= 0.3 is 0 Å². The Kier molecular flexibility index (Phi) is 5.37. The second-order valence-corrected chi connectivity index (χ2v) is 6.08. The van der Waals surface area contributed by atoms with Gasteiger partial charge in [-0.3, -0.25) is 4.79 Å². The second kappa shape index (κ2) is 7.87. The number of hydrogen-bond donors (Lipinski definition) is 1. The highest BCUT2D eigenvalue weighted by atomic mass is 16.2. The van der Waals surface area contributed by atoms with Crippen molar-refractivity contribution in [2.24, 2.45) is 4.99 Å². The number of rotatable bonds is 3. The molecule has 1 aliphatic carbocycles. The van der Waals surface area contributed by atoms with Crippen LogP contribution in [0.3, 0.4) is 0 Å². The van der Waals surface area contributed by atoms with Gasteiger partial charge in [-0.15, -0.1) is 0 Å². The molecule has 0 unspecified atom stereocenters. The number of piperazine rings is 1. The molecule has 5 heteroatoms. The summed E-state index contributed by atoms with van der Waals surface area (Å²) in [4.78, 5) is 20.9. The molecule has 5 nitrogen and oxygen atoms in total. The van der Waals surface area contributed by atoms with Gasteiger partial charge in [0.05, 0.1) is 6.54 Å². The van der Waals surface area contributed by atoms with E-state index >= 15 is 0 Å². The number of hydrogen-bond acceptors (Lipinski definition) is 2. The van der Waals surface area contributed by atoms with E-state index in [1.54, 1.807) is 0 Å². The van der Waals surface area contributed by atoms with Crippen molar-refractivity contribution in [1.29, 1.82) is 0 Å². The van der Waals surface area contributed by atoms with E-state index in [1.807, 2.05) is 47.1 Å². The van der Waals surface area contributed by atoms with Crippen LogP contribution in [0.5, 0.6) is 0 Å². The molecular formula is C19H24N4O. The van der Waals surface area contributed by atoms with Crippen LogP contribution < -0.4 is 5.32 Å². The van der Waals surface area contributed by atoms with E-state index in [0.29, 0.717) is 19.1 Å². The number of benzene rings is 1. The summed E-state index contributed by atoms with van der Waals surface area (Å²) in [6, 6.07) is 10.4. The number of amides is 1. The van der Waals surface area contributed by atoms with Crippen molar-refractivity contribution < 1.29 is 4.79 Å². The van der Waals surface area contributed by atoms with Crippen LogP contribution in [0.25, 0.3) is 0 Å². The topological polar surface area (TPSA) is 47.9 Å². The van der Waals surface area contributed by atoms with E-state index in [-0.39, 0.29) is 5.91 Å². The molecule has 1 aromatic carbocycles. The second-order valence-electron chi connectivity index (χ2n) is 6.08. The lowest BCUT2D eigenvalue weighted by molar-refractivity contribution is -0.135. The Morgan fingerprint density at radius 3 is 2.75 bits per heavy atom. The largest absolute Gasteiger partial charge is 0.356 e. The normalized spacial score (nSPS) is 18.2. The molecule has 1 N–H and O–H groups in total. The van der Waals surface area contributed by atoms with E-state index in [4.69, 9.17) is 0 Å². The molecule has 24 heavy (non-hydrogen) atoms. The molecule has 1 aliphatic heterocycles. The zero-order valence-electron chi connectivity index (χ0n) is 14.2. The van der Waals surface area contributed by atoms with Crippen molar-refractivity contribution in [1.82, 2.24) is 15.1 Å². The highest BCUT2D eigenvalue weighted by molar-refractivity contribution is 5.88. The summed E-state index contributed by atoms with van der Waals surface area (Å²) < 4.78 is 0. The van der Waals surface area contributed by atoms with E-state index in [2.05, 4.69) is 22.2 Å². The van der Waals surface area contributed by atoms with Crippen LogP contribution in [0, 0.1) is 11.8 Å². The number of carbonyl (C=O) groups is 1. The van der Waals surface area contributed by atoms with E-state index in [0.717, 1.165) is 44.0 Å². The quantitative estimate of drug-likeness (QED) is 0.518. The third kappa shape index (κ3) is 4.29. The Labute approximate surface area is 143 Å². The molecule has 0 bridgehead atoms. The van der Waals surface area contributed by atoms with Crippen LogP contribution in [0.1, 0.15) is 25.3 Å². The Morgan fingerprint density at radius 2 is 2.08 bits per heavy atom. The number of carbonyl (C=O) groups excluding carboxylic acids is 1. The van der Waals surface area contributed by atoms with Gasteiger partial charge in [0.2, 0.25) is 5.91 Å². The van der Waals surface area contributed by atoms with Gasteiger partial charge in [-0.25, -0.2) is 4.99 Å². The molecule has 2 aliphatic rings. The maximum atomic E-state index is 12.3. The third-order valence-electron chi connectivity index (χ3n) is 4.19. The van der Waals surface area contributed by atoms with Crippen molar-refractivity contribution in [2.75, 3.05) is 32.7 Å². The molecule has 1 amide bonds. The molecule has 1 heterocycles. The van der Waals surface area contributed by atoms with Crippen molar-refractivity contribution in [3.63, 3.8) is 0 Å². The lowest BCUT2D eigenvalue weighted by Gasteiger charge is -2.36. The first-order chi connectivity index (χ1) is 11.8. The van der Waals surface area contributed by atoms with Gasteiger partial charge < -0.3 is 15.1 Å². The van der Waals surface area contributed by atoms with Gasteiger partial charge in [0.15, 0.2) is 5.96 Å². The Morgan fingerprint density at radius 1 is 1.29 bits per heavy atom. The molecular weight excluding hydrogens is 300 g/mol. The van der Waals surface area contributed by atoms with Gasteiger partial charge in [0.25, 0.3) is 0 Å². The number of nitrogens with zero attached hydrogens (tertiary/aromatic N) is 3. The van der Waals surface area contributed by atoms with Gasteiger partial charge in [-0.1, -0.05) is 30.0 Å². The van der Waals surface area contributed by atoms with Crippen LogP contribution in [-0.2, 0) is 4.79 Å². The third-order valence-corrected chi connectivity index (χ3v) is 4.19. The van der Waals surface area contributed by atoms with E-state index < -0.39 is 0 Å². The Balaban J connectivity index is 1.59. The summed E-state index contributed by atoms with van der Waals surface area (Å²) in [5.41, 5.74) is 0.992. The van der Waals surface area contributed by atoms with Crippen LogP contribution in [0.4, 0.5) is 0 Å². The molecule has 0 atom stereocenters. The van der Waals surface area contributed by atoms with Crippen molar-refractivity contribution >= 4 is 11.9 Å². The summed E-state index contributed by atoms with van der Waals surface area (Å²) in [7, 11) is 0. The maximum Gasteiger partial charge on any atom is 0.242 e. The number of guanidine groups is 1. The first-order valence-electron chi connectivity index (χ1n) is 8.64. The van der Waals surface area contributed by atoms with Gasteiger partial charge in [-0.05, 0) is 31.9 Å². The van der Waals surface area contributed by atoms with E-state index in [9.17, 15) is 4.79 Å². The van der Waals surface area contributed by atoms with Crippen molar-refractivity contribution in [2.45, 2.75) is 25.8 Å². The van der Waals surface area contributed by atoms with Crippen LogP contribution in [0.2, 0.25) is 0 Å². The average Bonchev–Trinajstić information content (AvgIpc) is 3.43. The molecule has 1 saturated carbocycles. The lowest BCUT2D eigenvalue weighted by atomic mass is 10.2. The monoisotopic (exact) mass is 324 g/mol. The number of aliphatic imine (C=N–C) groups is 1. The zero-order chi connectivity index (χ0) is 16.8. The van der Waals surface area contributed by atoms with Gasteiger partial charge in [0, 0.05) is 31.2 Å². The fourth-order valence-corrected chi connectivity index (χ4v) is 2.84. The number of nitrogens with one attached hydrogen (secondary N) is 1. The molecule has 0 aromatic heterocycles. The first kappa shape index (κ1) is 16.4. The molecule has 1 aromatic rings. The Hall–Kier alpha value is -2.48. The first-order valence-corrected chi connectivity index (χ1v) is 8.64. The molecule has 0 radical (unpaired) electrons. The van der Waals surface area contributed by atoms with Crippen LogP contribution >= 0.6 is 0 Å². The van der Waals surface area contributed by atoms with Crippen molar-refractivity contribution in [3.8, 4) is 11.8 Å². The average molecular weight is 324 g/mol. The summed E-state index contributed by atoms with van der Waals surface area (Å²) in [5, 5.41) is 3.27. The van der Waals surface area contributed by atoms with Crippen LogP contribution in [-0.4, -0.2) is 60.4 Å². The van der Waals surface area contributed by atoms with E-state index in [1.165, 1.54) is 0 Å². The SMILES string of the molecule is CCNC(=NCC#Cc1ccccc1)N1CCN(C2CC2)C(=O)C1. The molecule has 1 saturated heterocycles. The fourth-order valence-electron chi connectivity index (χ4n) is 2.84. The summed E-state index contributed by atoms with van der Waals surface area (Å²) in [6.07, 6.45) is 2.32. The minimum Gasteiger partial charge on any atom is -0.356 e. The highest BCUT2D eigenvalue weighted by Gasteiger charge is 2.36. The van der Waals surface area contributed by atoms with Crippen LogP contribution in [0.15, 0.2) is 35.3 Å².